The van der Waals surface area contributed by atoms with Crippen LogP contribution in [0.5, 0.6) is 11.8 Å². The summed E-state index contributed by atoms with van der Waals surface area (Å²) in [4.78, 5) is 19.3. The molecule has 1 aliphatic rings. The van der Waals surface area contributed by atoms with Crippen LogP contribution < -0.4 is 14.8 Å². The summed E-state index contributed by atoms with van der Waals surface area (Å²) in [6.07, 6.45) is 4.19. The van der Waals surface area contributed by atoms with Crippen LogP contribution in [0.3, 0.4) is 0 Å². The number of rotatable bonds is 11. The Labute approximate surface area is 182 Å². The summed E-state index contributed by atoms with van der Waals surface area (Å²) in [5.41, 5.74) is 1.19. The molecule has 1 atom stereocenters. The third kappa shape index (κ3) is 6.85. The van der Waals surface area contributed by atoms with E-state index >= 15 is 0 Å². The second kappa shape index (κ2) is 11.1. The molecule has 1 aliphatic carbocycles. The zero-order valence-electron chi connectivity index (χ0n) is 17.3. The second-order valence-electron chi connectivity index (χ2n) is 7.59. The quantitative estimate of drug-likeness (QED) is 0.584. The zero-order valence-corrected chi connectivity index (χ0v) is 18.1. The normalized spacial score (nSPS) is 18.9. The molecule has 0 saturated heterocycles. The Kier molecular flexibility index (Phi) is 8.28. The van der Waals surface area contributed by atoms with Crippen molar-refractivity contribution in [1.29, 1.82) is 0 Å². The molecule has 1 aromatic carbocycles. The van der Waals surface area contributed by atoms with E-state index in [0.717, 1.165) is 19.3 Å². The highest BCUT2D eigenvalue weighted by molar-refractivity contribution is 6.33. The topological polar surface area (TPSA) is 82.6 Å². The molecule has 2 aromatic rings. The fraction of sp³-hybridized carbons (Fsp3) is 0.500. The predicted octanol–water partition coefficient (Wildman–Crippen LogP) is 3.45. The molecule has 0 radical (unpaired) electrons. The number of carbonyl (C=O) groups is 1. The van der Waals surface area contributed by atoms with Gasteiger partial charge in [-0.3, -0.25) is 4.79 Å². The Morgan fingerprint density at radius 3 is 2.60 bits per heavy atom. The van der Waals surface area contributed by atoms with E-state index in [-0.39, 0.29) is 18.1 Å². The van der Waals surface area contributed by atoms with Gasteiger partial charge in [-0.25, -0.2) is 9.97 Å². The van der Waals surface area contributed by atoms with E-state index in [4.69, 9.17) is 25.8 Å². The fourth-order valence-electron chi connectivity index (χ4n) is 3.26. The van der Waals surface area contributed by atoms with Crippen molar-refractivity contribution in [3.8, 4) is 11.8 Å². The average Bonchev–Trinajstić information content (AvgIpc) is 2.69. The van der Waals surface area contributed by atoms with Gasteiger partial charge in [0.2, 0.25) is 17.7 Å². The SMILES string of the molecule is CC(=O)N[C@@H](C)COC1CC(COc2ncnc(OCCc3ccccc3)c2Cl)C1. The second-order valence-corrected chi connectivity index (χ2v) is 7.97. The molecule has 1 amide bonds. The van der Waals surface area contributed by atoms with Crippen molar-refractivity contribution in [2.24, 2.45) is 5.92 Å². The molecular formula is C22H28ClN3O4. The Hall–Kier alpha value is -2.38. The van der Waals surface area contributed by atoms with Crippen molar-refractivity contribution < 1.29 is 19.0 Å². The highest BCUT2D eigenvalue weighted by Gasteiger charge is 2.31. The Balaban J connectivity index is 1.37. The molecule has 8 heteroatoms. The minimum atomic E-state index is -0.0452. The Bertz CT molecular complexity index is 815. The minimum Gasteiger partial charge on any atom is -0.476 e. The summed E-state index contributed by atoms with van der Waals surface area (Å²) in [5.74, 6) is 1.01. The highest BCUT2D eigenvalue weighted by Crippen LogP contribution is 2.33. The van der Waals surface area contributed by atoms with Crippen LogP contribution in [0.2, 0.25) is 5.02 Å². The van der Waals surface area contributed by atoms with E-state index in [1.54, 1.807) is 0 Å². The van der Waals surface area contributed by atoms with Crippen LogP contribution in [0.25, 0.3) is 0 Å². The molecule has 1 fully saturated rings. The average molecular weight is 434 g/mol. The molecule has 0 bridgehead atoms. The van der Waals surface area contributed by atoms with Crippen LogP contribution in [0.4, 0.5) is 0 Å². The van der Waals surface area contributed by atoms with E-state index in [2.05, 4.69) is 27.4 Å². The molecule has 0 spiro atoms. The van der Waals surface area contributed by atoms with Crippen LogP contribution in [0.15, 0.2) is 36.7 Å². The largest absolute Gasteiger partial charge is 0.476 e. The lowest BCUT2D eigenvalue weighted by Crippen LogP contribution is -2.40. The van der Waals surface area contributed by atoms with Gasteiger partial charge in [-0.1, -0.05) is 41.9 Å². The van der Waals surface area contributed by atoms with Gasteiger partial charge in [0, 0.05) is 19.4 Å². The van der Waals surface area contributed by atoms with Crippen LogP contribution in [0, 0.1) is 5.92 Å². The first-order valence-electron chi connectivity index (χ1n) is 10.2. The lowest BCUT2D eigenvalue weighted by Gasteiger charge is -2.35. The number of hydrogen-bond donors (Lipinski definition) is 1. The molecule has 0 unspecified atom stereocenters. The smallest absolute Gasteiger partial charge is 0.239 e. The number of nitrogens with zero attached hydrogens (tertiary/aromatic N) is 2. The van der Waals surface area contributed by atoms with Gasteiger partial charge >= 0.3 is 0 Å². The summed E-state index contributed by atoms with van der Waals surface area (Å²) >= 11 is 6.36. The third-order valence-corrected chi connectivity index (χ3v) is 5.20. The molecule has 1 heterocycles. The van der Waals surface area contributed by atoms with E-state index in [9.17, 15) is 4.79 Å². The van der Waals surface area contributed by atoms with Gasteiger partial charge in [-0.05, 0) is 31.2 Å². The maximum Gasteiger partial charge on any atom is 0.239 e. The number of benzene rings is 1. The molecule has 1 aromatic heterocycles. The number of hydrogen-bond acceptors (Lipinski definition) is 6. The van der Waals surface area contributed by atoms with Gasteiger partial charge in [0.05, 0.1) is 25.9 Å². The summed E-state index contributed by atoms with van der Waals surface area (Å²) < 4.78 is 17.3. The van der Waals surface area contributed by atoms with E-state index < -0.39 is 0 Å². The van der Waals surface area contributed by atoms with Gasteiger partial charge in [0.15, 0.2) is 5.02 Å². The number of nitrogens with one attached hydrogen (secondary N) is 1. The monoisotopic (exact) mass is 433 g/mol. The van der Waals surface area contributed by atoms with Crippen molar-refractivity contribution in [2.75, 3.05) is 19.8 Å². The summed E-state index contributed by atoms with van der Waals surface area (Å²) in [6, 6.07) is 10.1. The van der Waals surface area contributed by atoms with Crippen LogP contribution in [-0.2, 0) is 16.0 Å². The van der Waals surface area contributed by atoms with Gasteiger partial charge in [-0.2, -0.15) is 0 Å². The lowest BCUT2D eigenvalue weighted by atomic mass is 9.83. The van der Waals surface area contributed by atoms with Crippen molar-refractivity contribution in [3.05, 3.63) is 47.2 Å². The maximum absolute atomic E-state index is 11.0. The first-order chi connectivity index (χ1) is 14.5. The number of ether oxygens (including phenoxy) is 3. The number of halogens is 1. The molecule has 1 saturated carbocycles. The minimum absolute atomic E-state index is 0.0120. The molecular weight excluding hydrogens is 406 g/mol. The van der Waals surface area contributed by atoms with Crippen LogP contribution in [0.1, 0.15) is 32.3 Å². The third-order valence-electron chi connectivity index (χ3n) is 4.88. The summed E-state index contributed by atoms with van der Waals surface area (Å²) in [7, 11) is 0. The number of carbonyl (C=O) groups excluding carboxylic acids is 1. The summed E-state index contributed by atoms with van der Waals surface area (Å²) in [5, 5.41) is 3.10. The standard InChI is InChI=1S/C22H28ClN3O4/c1-15(26-16(2)27)12-29-19-10-18(11-19)13-30-22-20(23)21(24-14-25-22)28-9-8-17-6-4-3-5-7-17/h3-7,14-15,18-19H,8-13H2,1-2H3,(H,26,27)/t15-,18?,19?/m0/s1. The first-order valence-corrected chi connectivity index (χ1v) is 10.6. The van der Waals surface area contributed by atoms with Gasteiger partial charge < -0.3 is 19.5 Å². The maximum atomic E-state index is 11.0. The van der Waals surface area contributed by atoms with Crippen molar-refractivity contribution in [1.82, 2.24) is 15.3 Å². The molecule has 1 N–H and O–H groups in total. The number of aromatic nitrogens is 2. The molecule has 0 aliphatic heterocycles. The van der Waals surface area contributed by atoms with Crippen molar-refractivity contribution >= 4 is 17.5 Å². The Morgan fingerprint density at radius 2 is 1.90 bits per heavy atom. The fourth-order valence-corrected chi connectivity index (χ4v) is 3.47. The van der Waals surface area contributed by atoms with E-state index in [1.807, 2.05) is 25.1 Å². The number of amides is 1. The van der Waals surface area contributed by atoms with E-state index in [0.29, 0.717) is 42.5 Å². The van der Waals surface area contributed by atoms with E-state index in [1.165, 1.54) is 18.8 Å². The Morgan fingerprint density at radius 1 is 1.20 bits per heavy atom. The zero-order chi connectivity index (χ0) is 21.3. The molecule has 162 valence electrons. The first kappa shape index (κ1) is 22.3. The van der Waals surface area contributed by atoms with Gasteiger partial charge in [0.25, 0.3) is 0 Å². The van der Waals surface area contributed by atoms with Crippen molar-refractivity contribution in [3.63, 3.8) is 0 Å². The molecule has 3 rings (SSSR count). The van der Waals surface area contributed by atoms with Gasteiger partial charge in [0.1, 0.15) is 6.33 Å². The van der Waals surface area contributed by atoms with Crippen molar-refractivity contribution in [2.45, 2.75) is 45.3 Å². The molecule has 30 heavy (non-hydrogen) atoms. The highest BCUT2D eigenvalue weighted by atomic mass is 35.5. The van der Waals surface area contributed by atoms with Crippen LogP contribution in [-0.4, -0.2) is 47.8 Å². The van der Waals surface area contributed by atoms with Crippen LogP contribution >= 0.6 is 11.6 Å². The molecule has 7 nitrogen and oxygen atoms in total. The summed E-state index contributed by atoms with van der Waals surface area (Å²) in [6.45, 7) is 4.93. The van der Waals surface area contributed by atoms with Gasteiger partial charge in [-0.15, -0.1) is 0 Å². The lowest BCUT2D eigenvalue weighted by molar-refractivity contribution is -0.120. The predicted molar refractivity (Wildman–Crippen MR) is 114 cm³/mol.